The van der Waals surface area contributed by atoms with E-state index in [-0.39, 0.29) is 17.4 Å². The van der Waals surface area contributed by atoms with Gasteiger partial charge in [0.05, 0.1) is 0 Å². The van der Waals surface area contributed by atoms with Crippen molar-refractivity contribution in [2.45, 2.75) is 6.92 Å². The number of pyridine rings is 1. The second-order valence-corrected chi connectivity index (χ2v) is 6.33. The van der Waals surface area contributed by atoms with Crippen LogP contribution in [0, 0.1) is 17.5 Å². The molecule has 0 spiro atoms. The van der Waals surface area contributed by atoms with E-state index in [1.807, 2.05) is 0 Å². The molecule has 9 heteroatoms. The molecule has 0 saturated carbocycles. The average molecular weight is 392 g/mol. The third-order valence-electron chi connectivity index (χ3n) is 4.55. The zero-order valence-corrected chi connectivity index (χ0v) is 15.2. The number of likely N-dealkylation sites (N-methyl/N-ethyl adjacent to an activating group) is 1. The number of benzene rings is 1. The number of hydrogen-bond donors (Lipinski definition) is 1. The molecule has 3 rings (SSSR count). The fourth-order valence-electron chi connectivity index (χ4n) is 2.99. The largest absolute Gasteiger partial charge is 0.335 e. The molecule has 1 fully saturated rings. The number of carbonyl (C=O) groups is 2. The summed E-state index contributed by atoms with van der Waals surface area (Å²) < 4.78 is 40.5. The summed E-state index contributed by atoms with van der Waals surface area (Å²) in [6.45, 7) is 5.63. The highest BCUT2D eigenvalue weighted by atomic mass is 19.1. The second-order valence-electron chi connectivity index (χ2n) is 6.33. The third-order valence-corrected chi connectivity index (χ3v) is 4.55. The number of piperazine rings is 1. The van der Waals surface area contributed by atoms with Crippen LogP contribution in [0.1, 0.15) is 27.8 Å². The predicted molar refractivity (Wildman–Crippen MR) is 96.5 cm³/mol. The molecule has 2 heterocycles. The predicted octanol–water partition coefficient (Wildman–Crippen LogP) is 2.53. The Hall–Kier alpha value is -2.94. The van der Waals surface area contributed by atoms with Gasteiger partial charge < -0.3 is 15.1 Å². The number of nitrogens with one attached hydrogen (secondary N) is 1. The first-order valence-corrected chi connectivity index (χ1v) is 8.83. The highest BCUT2D eigenvalue weighted by molar-refractivity contribution is 6.04. The van der Waals surface area contributed by atoms with Crippen molar-refractivity contribution in [3.05, 3.63) is 59.0 Å². The molecule has 0 atom stereocenters. The quantitative estimate of drug-likeness (QED) is 0.869. The van der Waals surface area contributed by atoms with Gasteiger partial charge in [0.2, 0.25) is 0 Å². The van der Waals surface area contributed by atoms with Gasteiger partial charge in [0.15, 0.2) is 0 Å². The molecule has 1 aliphatic rings. The molecule has 1 saturated heterocycles. The fraction of sp³-hybridized carbons (Fsp3) is 0.316. The maximum atomic E-state index is 13.7. The number of hydrogen-bond acceptors (Lipinski definition) is 4. The summed E-state index contributed by atoms with van der Waals surface area (Å²) in [5.41, 5.74) is -0.807. The van der Waals surface area contributed by atoms with E-state index in [1.165, 1.54) is 18.2 Å². The minimum absolute atomic E-state index is 0.0360. The Kier molecular flexibility index (Phi) is 5.93. The minimum atomic E-state index is -1.32. The Morgan fingerprint density at radius 3 is 2.32 bits per heavy atom. The van der Waals surface area contributed by atoms with E-state index in [4.69, 9.17) is 0 Å². The van der Waals surface area contributed by atoms with Crippen molar-refractivity contribution < 1.29 is 22.8 Å². The Morgan fingerprint density at radius 1 is 1.07 bits per heavy atom. The normalized spacial score (nSPS) is 14.8. The lowest BCUT2D eigenvalue weighted by Gasteiger charge is -2.33. The zero-order valence-electron chi connectivity index (χ0n) is 15.2. The van der Waals surface area contributed by atoms with Gasteiger partial charge in [-0.05, 0) is 18.7 Å². The van der Waals surface area contributed by atoms with Gasteiger partial charge >= 0.3 is 0 Å². The van der Waals surface area contributed by atoms with Crippen molar-refractivity contribution in [2.75, 3.05) is 38.0 Å². The van der Waals surface area contributed by atoms with Crippen LogP contribution in [0.2, 0.25) is 0 Å². The SMILES string of the molecule is CCN1CCN(C(=O)c2cccc(NC(=O)c3c(F)cc(F)cc3F)n2)CC1. The van der Waals surface area contributed by atoms with Gasteiger partial charge in [0, 0.05) is 38.3 Å². The molecule has 1 N–H and O–H groups in total. The number of aromatic nitrogens is 1. The van der Waals surface area contributed by atoms with Gasteiger partial charge in [0.1, 0.15) is 34.5 Å². The summed E-state index contributed by atoms with van der Waals surface area (Å²) in [5, 5.41) is 2.24. The average Bonchev–Trinajstić information content (AvgIpc) is 2.67. The van der Waals surface area contributed by atoms with Crippen LogP contribution >= 0.6 is 0 Å². The number of anilines is 1. The smallest absolute Gasteiger partial charge is 0.272 e. The van der Waals surface area contributed by atoms with Crippen molar-refractivity contribution in [3.63, 3.8) is 0 Å². The first-order valence-electron chi connectivity index (χ1n) is 8.83. The molecule has 28 heavy (non-hydrogen) atoms. The Bertz CT molecular complexity index is 875. The first kappa shape index (κ1) is 19.8. The van der Waals surface area contributed by atoms with Crippen molar-refractivity contribution in [3.8, 4) is 0 Å². The van der Waals surface area contributed by atoms with Gasteiger partial charge in [-0.25, -0.2) is 18.2 Å². The third kappa shape index (κ3) is 4.30. The highest BCUT2D eigenvalue weighted by Gasteiger charge is 2.23. The van der Waals surface area contributed by atoms with Crippen LogP contribution in [0.5, 0.6) is 0 Å². The number of nitrogens with zero attached hydrogens (tertiary/aromatic N) is 3. The summed E-state index contributed by atoms with van der Waals surface area (Å²) in [6, 6.07) is 5.24. The molecule has 2 aromatic rings. The van der Waals surface area contributed by atoms with E-state index in [0.29, 0.717) is 25.2 Å². The van der Waals surface area contributed by atoms with E-state index in [2.05, 4.69) is 22.1 Å². The van der Waals surface area contributed by atoms with Crippen molar-refractivity contribution in [2.24, 2.45) is 0 Å². The second kappa shape index (κ2) is 8.39. The monoisotopic (exact) mass is 392 g/mol. The van der Waals surface area contributed by atoms with Crippen LogP contribution < -0.4 is 5.32 Å². The number of rotatable bonds is 4. The van der Waals surface area contributed by atoms with Crippen molar-refractivity contribution in [1.29, 1.82) is 0 Å². The molecule has 1 aliphatic heterocycles. The van der Waals surface area contributed by atoms with Crippen molar-refractivity contribution >= 4 is 17.6 Å². The first-order chi connectivity index (χ1) is 13.4. The molecule has 0 unspecified atom stereocenters. The molecule has 0 aliphatic carbocycles. The van der Waals surface area contributed by atoms with Gasteiger partial charge in [0.25, 0.3) is 11.8 Å². The Morgan fingerprint density at radius 2 is 1.71 bits per heavy atom. The van der Waals surface area contributed by atoms with E-state index in [1.54, 1.807) is 4.90 Å². The molecule has 1 aromatic heterocycles. The lowest BCUT2D eigenvalue weighted by molar-refractivity contribution is 0.0637. The summed E-state index contributed by atoms with van der Waals surface area (Å²) >= 11 is 0. The maximum absolute atomic E-state index is 13.7. The van der Waals surface area contributed by atoms with Gasteiger partial charge in [-0.2, -0.15) is 0 Å². The van der Waals surface area contributed by atoms with Gasteiger partial charge in [-0.3, -0.25) is 9.59 Å². The summed E-state index contributed by atoms with van der Waals surface area (Å²) in [6.07, 6.45) is 0. The van der Waals surface area contributed by atoms with Crippen LogP contribution in [0.3, 0.4) is 0 Å². The number of carbonyl (C=O) groups excluding carboxylic acids is 2. The van der Waals surface area contributed by atoms with Crippen LogP contribution in [0.25, 0.3) is 0 Å². The molecular formula is C19H19F3N4O2. The topological polar surface area (TPSA) is 65.5 Å². The Balaban J connectivity index is 1.73. The molecule has 1 aromatic carbocycles. The maximum Gasteiger partial charge on any atom is 0.272 e. The molecule has 0 bridgehead atoms. The van der Waals surface area contributed by atoms with Crippen LogP contribution in [0.4, 0.5) is 19.0 Å². The fourth-order valence-corrected chi connectivity index (χ4v) is 2.99. The van der Waals surface area contributed by atoms with E-state index in [0.717, 1.165) is 19.6 Å². The lowest BCUT2D eigenvalue weighted by atomic mass is 10.1. The zero-order chi connectivity index (χ0) is 20.3. The van der Waals surface area contributed by atoms with E-state index in [9.17, 15) is 22.8 Å². The van der Waals surface area contributed by atoms with Gasteiger partial charge in [-0.15, -0.1) is 0 Å². The number of halogens is 3. The number of amides is 2. The van der Waals surface area contributed by atoms with E-state index < -0.39 is 28.9 Å². The molecule has 6 nitrogen and oxygen atoms in total. The van der Waals surface area contributed by atoms with Crippen molar-refractivity contribution in [1.82, 2.24) is 14.8 Å². The standard InChI is InChI=1S/C19H19F3N4O2/c1-2-25-6-8-26(9-7-25)19(28)15-4-3-5-16(23-15)24-18(27)17-13(21)10-12(20)11-14(17)22/h3-5,10-11H,2,6-9H2,1H3,(H,23,24,27). The van der Waals surface area contributed by atoms with E-state index >= 15 is 0 Å². The summed E-state index contributed by atoms with van der Waals surface area (Å²) in [7, 11) is 0. The minimum Gasteiger partial charge on any atom is -0.335 e. The molecule has 148 valence electrons. The Labute approximate surface area is 160 Å². The summed E-state index contributed by atoms with van der Waals surface area (Å²) in [5.74, 6) is -5.21. The molecular weight excluding hydrogens is 373 g/mol. The van der Waals surface area contributed by atoms with Crippen LogP contribution in [0.15, 0.2) is 30.3 Å². The van der Waals surface area contributed by atoms with Crippen LogP contribution in [-0.4, -0.2) is 59.3 Å². The molecule has 0 radical (unpaired) electrons. The van der Waals surface area contributed by atoms with Crippen LogP contribution in [-0.2, 0) is 0 Å². The lowest BCUT2D eigenvalue weighted by Crippen LogP contribution is -2.48. The van der Waals surface area contributed by atoms with Gasteiger partial charge in [-0.1, -0.05) is 13.0 Å². The summed E-state index contributed by atoms with van der Waals surface area (Å²) in [4.78, 5) is 32.7. The highest BCUT2D eigenvalue weighted by Crippen LogP contribution is 2.17. The molecule has 2 amide bonds.